The summed E-state index contributed by atoms with van der Waals surface area (Å²) in [7, 11) is 0. The molecule has 2 fully saturated rings. The highest BCUT2D eigenvalue weighted by Gasteiger charge is 2.25. The van der Waals surface area contributed by atoms with Crippen molar-refractivity contribution in [3.8, 4) is 47.3 Å². The molecular weight excluding hydrogens is 488 g/mol. The summed E-state index contributed by atoms with van der Waals surface area (Å²) in [4.78, 5) is 0. The quantitative estimate of drug-likeness (QED) is 0.158. The Hall–Kier alpha value is -3.08. The van der Waals surface area contributed by atoms with Crippen molar-refractivity contribution in [3.05, 3.63) is 48.5 Å². The topological polar surface area (TPSA) is 80.4 Å². The molecule has 8 heteroatoms. The Labute approximate surface area is 224 Å². The summed E-state index contributed by atoms with van der Waals surface area (Å²) in [6, 6.07) is 15.8. The van der Waals surface area contributed by atoms with Crippen LogP contribution in [-0.4, -0.2) is 90.5 Å². The molecule has 2 aliphatic rings. The zero-order valence-corrected chi connectivity index (χ0v) is 21.4. The highest BCUT2D eigenvalue weighted by molar-refractivity contribution is 5.64. The minimum atomic E-state index is -0.226. The van der Waals surface area contributed by atoms with Crippen molar-refractivity contribution in [2.75, 3.05) is 66.1 Å². The first-order valence-electron chi connectivity index (χ1n) is 12.7. The molecule has 0 aliphatic carbocycles. The predicted octanol–water partition coefficient (Wildman–Crippen LogP) is 2.98. The van der Waals surface area contributed by atoms with Crippen LogP contribution in [0.3, 0.4) is 0 Å². The first kappa shape index (κ1) is 27.9. The van der Waals surface area contributed by atoms with Crippen LogP contribution in [-0.2, 0) is 28.4 Å². The van der Waals surface area contributed by atoms with E-state index in [-0.39, 0.29) is 37.6 Å². The number of rotatable bonds is 19. The van der Waals surface area contributed by atoms with Gasteiger partial charge in [-0.15, -0.1) is 12.8 Å². The third-order valence-corrected chi connectivity index (χ3v) is 5.73. The lowest BCUT2D eigenvalue weighted by atomic mass is 10.1. The molecule has 2 aliphatic heterocycles. The number of hydrogen-bond donors (Lipinski definition) is 0. The van der Waals surface area contributed by atoms with Crippen molar-refractivity contribution in [1.82, 2.24) is 0 Å². The summed E-state index contributed by atoms with van der Waals surface area (Å²) < 4.78 is 44.8. The van der Waals surface area contributed by atoms with Crippen LogP contribution in [0, 0.1) is 24.7 Å². The summed E-state index contributed by atoms with van der Waals surface area (Å²) in [5.74, 6) is 6.41. The second-order valence-electron chi connectivity index (χ2n) is 8.93. The molecule has 38 heavy (non-hydrogen) atoms. The average Bonchev–Trinajstić information content (AvgIpc) is 3.88. The van der Waals surface area contributed by atoms with Crippen molar-refractivity contribution in [1.29, 1.82) is 0 Å². The van der Waals surface area contributed by atoms with E-state index in [4.69, 9.17) is 50.7 Å². The maximum Gasteiger partial charge on any atom is 0.119 e. The van der Waals surface area contributed by atoms with Gasteiger partial charge in [0.05, 0.1) is 39.6 Å². The van der Waals surface area contributed by atoms with Crippen molar-refractivity contribution >= 4 is 0 Å². The molecule has 0 spiro atoms. The summed E-state index contributed by atoms with van der Waals surface area (Å²) in [5.41, 5.74) is 2.13. The van der Waals surface area contributed by atoms with Crippen LogP contribution in [0.4, 0.5) is 0 Å². The SMILES string of the molecule is C#CCOCC(COc1ccc(-c2ccc(OCC(COCC#C)OCC3CO3)cc2)cc1)OCC1CO1. The molecule has 8 nitrogen and oxygen atoms in total. The van der Waals surface area contributed by atoms with Gasteiger partial charge in [-0.05, 0) is 35.4 Å². The van der Waals surface area contributed by atoms with E-state index in [1.54, 1.807) is 0 Å². The van der Waals surface area contributed by atoms with Gasteiger partial charge >= 0.3 is 0 Å². The van der Waals surface area contributed by atoms with Gasteiger partial charge in [0.2, 0.25) is 0 Å². The van der Waals surface area contributed by atoms with Crippen molar-refractivity contribution < 1.29 is 37.9 Å². The molecule has 2 heterocycles. The van der Waals surface area contributed by atoms with E-state index in [9.17, 15) is 0 Å². The maximum absolute atomic E-state index is 5.93. The fourth-order valence-electron chi connectivity index (χ4n) is 3.47. The van der Waals surface area contributed by atoms with Crippen LogP contribution in [0.2, 0.25) is 0 Å². The minimum Gasteiger partial charge on any atom is -0.491 e. The van der Waals surface area contributed by atoms with E-state index in [2.05, 4.69) is 11.8 Å². The number of benzene rings is 2. The van der Waals surface area contributed by atoms with Gasteiger partial charge in [0, 0.05) is 0 Å². The van der Waals surface area contributed by atoms with E-state index in [1.165, 1.54) is 0 Å². The second-order valence-corrected chi connectivity index (χ2v) is 8.93. The molecule has 4 atom stereocenters. The van der Waals surface area contributed by atoms with Gasteiger partial charge in [0.1, 0.15) is 62.3 Å². The molecule has 2 aromatic rings. The largest absolute Gasteiger partial charge is 0.491 e. The second kappa shape index (κ2) is 15.4. The Morgan fingerprint density at radius 2 is 1.05 bits per heavy atom. The van der Waals surface area contributed by atoms with Gasteiger partial charge in [-0.3, -0.25) is 0 Å². The lowest BCUT2D eigenvalue weighted by Gasteiger charge is -2.18. The molecule has 4 rings (SSSR count). The molecule has 2 saturated heterocycles. The van der Waals surface area contributed by atoms with Gasteiger partial charge < -0.3 is 37.9 Å². The molecule has 0 saturated carbocycles. The van der Waals surface area contributed by atoms with E-state index in [0.717, 1.165) is 35.8 Å². The molecule has 2 aromatic carbocycles. The third kappa shape index (κ3) is 10.4. The Balaban J connectivity index is 1.23. The van der Waals surface area contributed by atoms with E-state index >= 15 is 0 Å². The molecule has 4 unspecified atom stereocenters. The van der Waals surface area contributed by atoms with Gasteiger partial charge in [-0.25, -0.2) is 0 Å². The molecule has 0 aromatic heterocycles. The zero-order chi connectivity index (χ0) is 26.4. The number of terminal acetylenes is 2. The van der Waals surface area contributed by atoms with Crippen LogP contribution >= 0.6 is 0 Å². The normalized spacial score (nSPS) is 19.1. The fraction of sp³-hybridized carbons (Fsp3) is 0.467. The molecular formula is C30H34O8. The smallest absolute Gasteiger partial charge is 0.119 e. The lowest BCUT2D eigenvalue weighted by Crippen LogP contribution is -2.29. The summed E-state index contributed by atoms with van der Waals surface area (Å²) in [6.07, 6.45) is 10.4. The molecule has 0 bridgehead atoms. The summed E-state index contributed by atoms with van der Waals surface area (Å²) in [5, 5.41) is 0. The number of hydrogen-bond acceptors (Lipinski definition) is 8. The van der Waals surface area contributed by atoms with Crippen LogP contribution in [0.5, 0.6) is 11.5 Å². The van der Waals surface area contributed by atoms with Crippen LogP contribution in [0.15, 0.2) is 48.5 Å². The molecule has 0 amide bonds. The molecule has 0 radical (unpaired) electrons. The van der Waals surface area contributed by atoms with Gasteiger partial charge in [0.15, 0.2) is 0 Å². The lowest BCUT2D eigenvalue weighted by molar-refractivity contribution is -0.0355. The summed E-state index contributed by atoms with van der Waals surface area (Å²) >= 11 is 0. The Morgan fingerprint density at radius 3 is 1.39 bits per heavy atom. The van der Waals surface area contributed by atoms with E-state index < -0.39 is 0 Å². The monoisotopic (exact) mass is 522 g/mol. The van der Waals surface area contributed by atoms with Crippen molar-refractivity contribution in [2.24, 2.45) is 0 Å². The van der Waals surface area contributed by atoms with Gasteiger partial charge in [0.25, 0.3) is 0 Å². The fourth-order valence-corrected chi connectivity index (χ4v) is 3.47. The first-order valence-corrected chi connectivity index (χ1v) is 12.7. The van der Waals surface area contributed by atoms with Crippen molar-refractivity contribution in [3.63, 3.8) is 0 Å². The number of ether oxygens (including phenoxy) is 8. The third-order valence-electron chi connectivity index (χ3n) is 5.73. The van der Waals surface area contributed by atoms with Gasteiger partial charge in [-0.1, -0.05) is 36.1 Å². The van der Waals surface area contributed by atoms with E-state index in [0.29, 0.717) is 39.6 Å². The number of epoxide rings is 2. The zero-order valence-electron chi connectivity index (χ0n) is 21.4. The Kier molecular flexibility index (Phi) is 11.3. The van der Waals surface area contributed by atoms with E-state index in [1.807, 2.05) is 48.5 Å². The van der Waals surface area contributed by atoms with Crippen LogP contribution < -0.4 is 9.47 Å². The highest BCUT2D eigenvalue weighted by atomic mass is 16.6. The standard InChI is InChI=1S/C30H34O8/c1-3-13-31-15-27(35-19-29-21-37-29)17-33-25-9-5-23(6-10-25)24-7-11-26(12-8-24)34-18-28(16-32-14-4-2)36-20-30-22-38-30/h1-2,5-12,27-30H,13-22H2. The minimum absolute atomic E-state index is 0.172. The van der Waals surface area contributed by atoms with Crippen molar-refractivity contribution in [2.45, 2.75) is 24.4 Å². The van der Waals surface area contributed by atoms with Gasteiger partial charge in [-0.2, -0.15) is 0 Å². The Bertz CT molecular complexity index is 946. The van der Waals surface area contributed by atoms with Crippen LogP contribution in [0.1, 0.15) is 0 Å². The maximum atomic E-state index is 5.93. The average molecular weight is 523 g/mol. The van der Waals surface area contributed by atoms with Crippen LogP contribution in [0.25, 0.3) is 11.1 Å². The predicted molar refractivity (Wildman–Crippen MR) is 141 cm³/mol. The molecule has 202 valence electrons. The first-order chi connectivity index (χ1) is 18.7. The Morgan fingerprint density at radius 1 is 0.658 bits per heavy atom. The highest BCUT2D eigenvalue weighted by Crippen LogP contribution is 2.25. The summed E-state index contributed by atoms with van der Waals surface area (Å²) in [6.45, 7) is 4.44. The molecule has 0 N–H and O–H groups in total.